The molecule has 0 saturated carbocycles. The molecule has 0 aromatic heterocycles. The van der Waals surface area contributed by atoms with E-state index >= 15 is 0 Å². The molecule has 0 spiro atoms. The molecule has 0 radical (unpaired) electrons. The van der Waals surface area contributed by atoms with Crippen LogP contribution in [0.4, 0.5) is 0 Å². The van der Waals surface area contributed by atoms with Gasteiger partial charge < -0.3 is 0 Å². The monoisotopic (exact) mass is 250 g/mol. The van der Waals surface area contributed by atoms with Crippen molar-refractivity contribution in [1.82, 2.24) is 0 Å². The van der Waals surface area contributed by atoms with Gasteiger partial charge in [0.1, 0.15) is 11.6 Å². The summed E-state index contributed by atoms with van der Waals surface area (Å²) in [6.07, 6.45) is 8.78. The zero-order chi connectivity index (χ0) is 13.8. The third-order valence-corrected chi connectivity index (χ3v) is 4.49. The van der Waals surface area contributed by atoms with E-state index in [1.807, 2.05) is 27.7 Å². The van der Waals surface area contributed by atoms with Crippen LogP contribution in [-0.2, 0) is 9.59 Å². The van der Waals surface area contributed by atoms with E-state index in [2.05, 4.69) is 12.2 Å². The molecule has 1 atom stereocenters. The van der Waals surface area contributed by atoms with Gasteiger partial charge in [0.15, 0.2) is 0 Å². The predicted octanol–water partition coefficient (Wildman–Crippen LogP) is 4.09. The molecular formula is C16H26O2. The number of carbonyl (C=O) groups is 2. The lowest BCUT2D eigenvalue weighted by atomic mass is 9.74. The molecule has 0 fully saturated rings. The first-order valence-corrected chi connectivity index (χ1v) is 7.03. The van der Waals surface area contributed by atoms with Crippen molar-refractivity contribution >= 4 is 11.6 Å². The Labute approximate surface area is 111 Å². The van der Waals surface area contributed by atoms with Crippen molar-refractivity contribution < 1.29 is 9.59 Å². The number of carbonyl (C=O) groups excluding carboxylic acids is 2. The van der Waals surface area contributed by atoms with Crippen molar-refractivity contribution in [2.75, 3.05) is 0 Å². The molecule has 1 aliphatic rings. The van der Waals surface area contributed by atoms with Crippen LogP contribution in [0.5, 0.6) is 0 Å². The van der Waals surface area contributed by atoms with Gasteiger partial charge in [-0.05, 0) is 32.1 Å². The third-order valence-electron chi connectivity index (χ3n) is 4.49. The summed E-state index contributed by atoms with van der Waals surface area (Å²) in [7, 11) is 0. The average molecular weight is 250 g/mol. The molecule has 0 amide bonds. The van der Waals surface area contributed by atoms with Crippen LogP contribution < -0.4 is 0 Å². The highest BCUT2D eigenvalue weighted by Crippen LogP contribution is 2.34. The van der Waals surface area contributed by atoms with Gasteiger partial charge in [0.05, 0.1) is 6.42 Å². The lowest BCUT2D eigenvalue weighted by molar-refractivity contribution is -0.137. The fourth-order valence-corrected chi connectivity index (χ4v) is 2.33. The minimum absolute atomic E-state index is 0.0995. The third kappa shape index (κ3) is 3.54. The predicted molar refractivity (Wildman–Crippen MR) is 74.4 cm³/mol. The number of allylic oxidation sites excluding steroid dienone is 2. The molecule has 102 valence electrons. The molecular weight excluding hydrogens is 224 g/mol. The molecule has 0 saturated heterocycles. The molecule has 2 nitrogen and oxygen atoms in total. The Morgan fingerprint density at radius 1 is 1.00 bits per heavy atom. The van der Waals surface area contributed by atoms with Gasteiger partial charge in [0.2, 0.25) is 0 Å². The van der Waals surface area contributed by atoms with Gasteiger partial charge in [-0.15, -0.1) is 0 Å². The molecule has 18 heavy (non-hydrogen) atoms. The summed E-state index contributed by atoms with van der Waals surface area (Å²) in [4.78, 5) is 24.6. The van der Waals surface area contributed by atoms with E-state index in [1.54, 1.807) is 0 Å². The van der Waals surface area contributed by atoms with Crippen molar-refractivity contribution in [3.8, 4) is 0 Å². The molecule has 0 aromatic carbocycles. The van der Waals surface area contributed by atoms with Crippen molar-refractivity contribution in [2.45, 2.75) is 66.2 Å². The summed E-state index contributed by atoms with van der Waals surface area (Å²) in [5.41, 5.74) is -0.709. The lowest BCUT2D eigenvalue weighted by Gasteiger charge is -2.28. The maximum absolute atomic E-state index is 12.4. The van der Waals surface area contributed by atoms with Crippen LogP contribution in [0.25, 0.3) is 0 Å². The van der Waals surface area contributed by atoms with Gasteiger partial charge in [0, 0.05) is 10.8 Å². The van der Waals surface area contributed by atoms with Crippen LogP contribution >= 0.6 is 0 Å². The lowest BCUT2D eigenvalue weighted by Crippen LogP contribution is -2.33. The fraction of sp³-hybridized carbons (Fsp3) is 0.750. The Hall–Kier alpha value is -0.920. The first-order chi connectivity index (χ1) is 8.32. The van der Waals surface area contributed by atoms with Gasteiger partial charge in [-0.2, -0.15) is 0 Å². The van der Waals surface area contributed by atoms with Crippen molar-refractivity contribution in [3.05, 3.63) is 12.2 Å². The molecule has 0 aromatic rings. The summed E-state index contributed by atoms with van der Waals surface area (Å²) in [5, 5.41) is 0. The Morgan fingerprint density at radius 2 is 1.56 bits per heavy atom. The number of hydrogen-bond donors (Lipinski definition) is 0. The van der Waals surface area contributed by atoms with Crippen molar-refractivity contribution in [3.63, 3.8) is 0 Å². The minimum atomic E-state index is -0.376. The molecule has 1 rings (SSSR count). The molecule has 2 heteroatoms. The largest absolute Gasteiger partial charge is 0.299 e. The van der Waals surface area contributed by atoms with Gasteiger partial charge in [0.25, 0.3) is 0 Å². The standard InChI is InChI=1S/C16H26O2/c1-5-16(4)11-9-7-6-8-10-15(2,3)13(17)12-14(16)18/h6-7H,5,8-12H2,1-4H3/b7-6-. The number of Topliss-reactive ketones (excluding diaryl/α,β-unsaturated/α-hetero) is 2. The summed E-state index contributed by atoms with van der Waals surface area (Å²) in [5.74, 6) is 0.223. The second kappa shape index (κ2) is 5.81. The Bertz CT molecular complexity index is 352. The summed E-state index contributed by atoms with van der Waals surface area (Å²) in [6, 6.07) is 0. The van der Waals surface area contributed by atoms with E-state index in [0.29, 0.717) is 0 Å². The van der Waals surface area contributed by atoms with Gasteiger partial charge in [-0.3, -0.25) is 9.59 Å². The first-order valence-electron chi connectivity index (χ1n) is 7.03. The molecule has 1 unspecified atom stereocenters. The topological polar surface area (TPSA) is 34.1 Å². The summed E-state index contributed by atoms with van der Waals surface area (Å²) >= 11 is 0. The van der Waals surface area contributed by atoms with Crippen LogP contribution in [0.15, 0.2) is 12.2 Å². The van der Waals surface area contributed by atoms with E-state index in [-0.39, 0.29) is 28.8 Å². The SMILES string of the molecule is CCC1(C)CC/C=C\CCC(C)(C)C(=O)CC1=O. The van der Waals surface area contributed by atoms with Gasteiger partial charge >= 0.3 is 0 Å². The maximum atomic E-state index is 12.4. The zero-order valence-corrected chi connectivity index (χ0v) is 12.2. The van der Waals surface area contributed by atoms with Crippen LogP contribution in [-0.4, -0.2) is 11.6 Å². The molecule has 0 heterocycles. The van der Waals surface area contributed by atoms with Crippen LogP contribution in [0.3, 0.4) is 0 Å². The van der Waals surface area contributed by atoms with Crippen LogP contribution in [0.2, 0.25) is 0 Å². The van der Waals surface area contributed by atoms with E-state index in [9.17, 15) is 9.59 Å². The Kier molecular flexibility index (Phi) is 4.89. The average Bonchev–Trinajstić information content (AvgIpc) is 2.33. The normalized spacial score (nSPS) is 31.8. The van der Waals surface area contributed by atoms with Gasteiger partial charge in [-0.25, -0.2) is 0 Å². The first kappa shape index (κ1) is 15.1. The summed E-state index contributed by atoms with van der Waals surface area (Å²) < 4.78 is 0. The second-order valence-electron chi connectivity index (χ2n) is 6.37. The minimum Gasteiger partial charge on any atom is -0.299 e. The molecule has 0 aliphatic heterocycles. The van der Waals surface area contributed by atoms with E-state index in [1.165, 1.54) is 0 Å². The van der Waals surface area contributed by atoms with Crippen molar-refractivity contribution in [2.24, 2.45) is 10.8 Å². The smallest absolute Gasteiger partial charge is 0.146 e. The van der Waals surface area contributed by atoms with E-state index in [4.69, 9.17) is 0 Å². The van der Waals surface area contributed by atoms with Crippen LogP contribution in [0, 0.1) is 10.8 Å². The number of hydrogen-bond acceptors (Lipinski definition) is 2. The zero-order valence-electron chi connectivity index (χ0n) is 12.2. The maximum Gasteiger partial charge on any atom is 0.146 e. The Morgan fingerprint density at radius 3 is 2.11 bits per heavy atom. The molecule has 0 N–H and O–H groups in total. The highest BCUT2D eigenvalue weighted by Gasteiger charge is 2.35. The molecule has 1 aliphatic carbocycles. The number of ketones is 2. The highest BCUT2D eigenvalue weighted by atomic mass is 16.2. The van der Waals surface area contributed by atoms with E-state index < -0.39 is 0 Å². The Balaban J connectivity index is 2.94. The van der Waals surface area contributed by atoms with Gasteiger partial charge in [-0.1, -0.05) is 39.8 Å². The molecule has 0 bridgehead atoms. The quantitative estimate of drug-likeness (QED) is 0.519. The fourth-order valence-electron chi connectivity index (χ4n) is 2.33. The second-order valence-corrected chi connectivity index (χ2v) is 6.37. The highest BCUT2D eigenvalue weighted by molar-refractivity contribution is 6.03. The van der Waals surface area contributed by atoms with Crippen LogP contribution in [0.1, 0.15) is 66.2 Å². The summed E-state index contributed by atoms with van der Waals surface area (Å²) in [6.45, 7) is 7.95. The number of rotatable bonds is 1. The van der Waals surface area contributed by atoms with Crippen molar-refractivity contribution in [1.29, 1.82) is 0 Å². The van der Waals surface area contributed by atoms with E-state index in [0.717, 1.165) is 32.1 Å².